The molecular formula is C24H24F2N2O2. The number of halogens is 2. The fourth-order valence-electron chi connectivity index (χ4n) is 4.59. The molecule has 6 heteroatoms. The molecular weight excluding hydrogens is 386 g/mol. The summed E-state index contributed by atoms with van der Waals surface area (Å²) in [7, 11) is 0. The summed E-state index contributed by atoms with van der Waals surface area (Å²) in [5.41, 5.74) is 1.93. The first-order chi connectivity index (χ1) is 14.5. The van der Waals surface area contributed by atoms with Crippen LogP contribution in [0.25, 0.3) is 0 Å². The number of hydroxylamine groups is 2. The van der Waals surface area contributed by atoms with Crippen LogP contribution in [0.2, 0.25) is 0 Å². The molecule has 1 aliphatic heterocycles. The van der Waals surface area contributed by atoms with Crippen LogP contribution in [0, 0.1) is 34.8 Å². The van der Waals surface area contributed by atoms with Crippen molar-refractivity contribution >= 4 is 5.91 Å². The van der Waals surface area contributed by atoms with Gasteiger partial charge in [0.2, 0.25) is 5.91 Å². The Morgan fingerprint density at radius 3 is 2.50 bits per heavy atom. The molecule has 1 amide bonds. The van der Waals surface area contributed by atoms with E-state index in [-0.39, 0.29) is 29.2 Å². The largest absolute Gasteiger partial charge is 0.272 e. The lowest BCUT2D eigenvalue weighted by Gasteiger charge is -2.32. The lowest BCUT2D eigenvalue weighted by molar-refractivity contribution is -0.183. The zero-order valence-corrected chi connectivity index (χ0v) is 16.7. The Kier molecular flexibility index (Phi) is 6.10. The van der Waals surface area contributed by atoms with Crippen molar-refractivity contribution in [1.29, 1.82) is 5.26 Å². The third kappa shape index (κ3) is 4.36. The zero-order valence-electron chi connectivity index (χ0n) is 16.7. The quantitative estimate of drug-likeness (QED) is 0.705. The number of benzene rings is 2. The molecule has 30 heavy (non-hydrogen) atoms. The normalized spacial score (nSPS) is 23.9. The summed E-state index contributed by atoms with van der Waals surface area (Å²) < 4.78 is 26.7. The van der Waals surface area contributed by atoms with Crippen LogP contribution in [-0.4, -0.2) is 17.6 Å². The molecule has 4 nitrogen and oxygen atoms in total. The minimum Gasteiger partial charge on any atom is -0.272 e. The average Bonchev–Trinajstić information content (AvgIpc) is 3.25. The van der Waals surface area contributed by atoms with Crippen molar-refractivity contribution in [3.05, 3.63) is 70.8 Å². The van der Waals surface area contributed by atoms with Gasteiger partial charge in [-0.2, -0.15) is 5.26 Å². The van der Waals surface area contributed by atoms with Crippen LogP contribution in [0.1, 0.15) is 54.8 Å². The van der Waals surface area contributed by atoms with Gasteiger partial charge >= 0.3 is 0 Å². The Hall–Kier alpha value is -2.78. The monoisotopic (exact) mass is 410 g/mol. The Labute approximate surface area is 175 Å². The highest BCUT2D eigenvalue weighted by Crippen LogP contribution is 2.37. The Morgan fingerprint density at radius 1 is 1.07 bits per heavy atom. The van der Waals surface area contributed by atoms with Crippen molar-refractivity contribution in [3.8, 4) is 6.07 Å². The Morgan fingerprint density at radius 2 is 1.80 bits per heavy atom. The van der Waals surface area contributed by atoms with Crippen molar-refractivity contribution in [2.45, 2.75) is 44.6 Å². The maximum Gasteiger partial charge on any atom is 0.249 e. The van der Waals surface area contributed by atoms with Gasteiger partial charge in [-0.3, -0.25) is 9.63 Å². The standard InChI is InChI=1S/C24H24F2N2O2/c25-21-8-6-18(7-9-21)23-11-12-30-28(23)24(29)19-4-1-16(2-5-19)13-17-3-10-22(26)20(14-17)15-27/h3,6-10,14,16,19,23H,1-2,4-5,11-13H2/t16?,19?,23-/m0/s1. The highest BCUT2D eigenvalue weighted by Gasteiger charge is 2.37. The van der Waals surface area contributed by atoms with Crippen molar-refractivity contribution in [3.63, 3.8) is 0 Å². The summed E-state index contributed by atoms with van der Waals surface area (Å²) in [6.45, 7) is 0.481. The summed E-state index contributed by atoms with van der Waals surface area (Å²) in [6.07, 6.45) is 4.87. The van der Waals surface area contributed by atoms with Gasteiger partial charge in [-0.05, 0) is 73.4 Å². The molecule has 2 aromatic carbocycles. The second-order valence-corrected chi connectivity index (χ2v) is 8.20. The van der Waals surface area contributed by atoms with Crippen LogP contribution in [0.4, 0.5) is 8.78 Å². The molecule has 1 heterocycles. The third-order valence-electron chi connectivity index (χ3n) is 6.25. The third-order valence-corrected chi connectivity index (χ3v) is 6.25. The first kappa shape index (κ1) is 20.5. The van der Waals surface area contributed by atoms with Crippen LogP contribution in [0.3, 0.4) is 0 Å². The summed E-state index contributed by atoms with van der Waals surface area (Å²) in [4.78, 5) is 18.7. The van der Waals surface area contributed by atoms with Crippen molar-refractivity contribution < 1.29 is 18.4 Å². The van der Waals surface area contributed by atoms with E-state index in [9.17, 15) is 13.6 Å². The number of nitrogens with zero attached hydrogens (tertiary/aromatic N) is 2. The van der Waals surface area contributed by atoms with Crippen molar-refractivity contribution in [2.24, 2.45) is 11.8 Å². The van der Waals surface area contributed by atoms with Crippen molar-refractivity contribution in [1.82, 2.24) is 5.06 Å². The summed E-state index contributed by atoms with van der Waals surface area (Å²) in [6, 6.07) is 12.7. The van der Waals surface area contributed by atoms with Crippen LogP contribution in [-0.2, 0) is 16.1 Å². The molecule has 1 atom stereocenters. The topological polar surface area (TPSA) is 53.3 Å². The number of rotatable bonds is 4. The lowest BCUT2D eigenvalue weighted by atomic mass is 9.78. The zero-order chi connectivity index (χ0) is 21.1. The van der Waals surface area contributed by atoms with Gasteiger partial charge in [0, 0.05) is 12.3 Å². The smallest absolute Gasteiger partial charge is 0.249 e. The molecule has 1 aliphatic carbocycles. The Balaban J connectivity index is 1.35. The lowest BCUT2D eigenvalue weighted by Crippen LogP contribution is -2.36. The average molecular weight is 410 g/mol. The van der Waals surface area contributed by atoms with Crippen LogP contribution >= 0.6 is 0 Å². The molecule has 0 unspecified atom stereocenters. The van der Waals surface area contributed by atoms with E-state index >= 15 is 0 Å². The van der Waals surface area contributed by atoms with Gasteiger partial charge in [0.15, 0.2) is 0 Å². The first-order valence-corrected chi connectivity index (χ1v) is 10.4. The number of carbonyl (C=O) groups excluding carboxylic acids is 1. The number of hydrogen-bond donors (Lipinski definition) is 0. The van der Waals surface area contributed by atoms with E-state index in [1.165, 1.54) is 23.3 Å². The predicted octanol–water partition coefficient (Wildman–Crippen LogP) is 5.09. The summed E-state index contributed by atoms with van der Waals surface area (Å²) >= 11 is 0. The fourth-order valence-corrected chi connectivity index (χ4v) is 4.59. The van der Waals surface area contributed by atoms with Crippen LogP contribution in [0.5, 0.6) is 0 Å². The van der Waals surface area contributed by atoms with Gasteiger partial charge in [-0.15, -0.1) is 0 Å². The maximum absolute atomic E-state index is 13.5. The molecule has 0 aromatic heterocycles. The van der Waals surface area contributed by atoms with E-state index < -0.39 is 5.82 Å². The summed E-state index contributed by atoms with van der Waals surface area (Å²) in [5.74, 6) is -0.439. The number of amides is 1. The molecule has 1 saturated carbocycles. The van der Waals surface area contributed by atoms with Crippen LogP contribution in [0.15, 0.2) is 42.5 Å². The fraction of sp³-hybridized carbons (Fsp3) is 0.417. The number of hydrogen-bond acceptors (Lipinski definition) is 3. The molecule has 2 aliphatic rings. The van der Waals surface area contributed by atoms with Gasteiger partial charge in [0.05, 0.1) is 18.2 Å². The van der Waals surface area contributed by atoms with E-state index in [1.807, 2.05) is 6.07 Å². The van der Waals surface area contributed by atoms with Gasteiger partial charge in [0.25, 0.3) is 0 Å². The van der Waals surface area contributed by atoms with Gasteiger partial charge < -0.3 is 0 Å². The molecule has 0 N–H and O–H groups in total. The molecule has 0 radical (unpaired) electrons. The maximum atomic E-state index is 13.5. The summed E-state index contributed by atoms with van der Waals surface area (Å²) in [5, 5.41) is 10.5. The molecule has 2 aromatic rings. The van der Waals surface area contributed by atoms with E-state index in [0.29, 0.717) is 18.9 Å². The molecule has 4 rings (SSSR count). The molecule has 0 bridgehead atoms. The molecule has 156 valence electrons. The second-order valence-electron chi connectivity index (χ2n) is 8.20. The van der Waals surface area contributed by atoms with Gasteiger partial charge in [-0.25, -0.2) is 13.8 Å². The first-order valence-electron chi connectivity index (χ1n) is 10.4. The van der Waals surface area contributed by atoms with Crippen LogP contribution < -0.4 is 0 Å². The van der Waals surface area contributed by atoms with E-state index in [4.69, 9.17) is 10.1 Å². The minimum atomic E-state index is -0.489. The van der Waals surface area contributed by atoms with Crippen molar-refractivity contribution in [2.75, 3.05) is 6.61 Å². The molecule has 2 fully saturated rings. The van der Waals surface area contributed by atoms with E-state index in [1.54, 1.807) is 24.3 Å². The predicted molar refractivity (Wildman–Crippen MR) is 107 cm³/mol. The highest BCUT2D eigenvalue weighted by atomic mass is 19.1. The SMILES string of the molecule is N#Cc1cc(CC2CCC(C(=O)N3OCC[C@H]3c3ccc(F)cc3)CC2)ccc1F. The minimum absolute atomic E-state index is 0.00817. The number of nitriles is 1. The van der Waals surface area contributed by atoms with Gasteiger partial charge in [0.1, 0.15) is 17.7 Å². The molecule has 0 spiro atoms. The van der Waals surface area contributed by atoms with Gasteiger partial charge in [-0.1, -0.05) is 18.2 Å². The van der Waals surface area contributed by atoms with E-state index in [0.717, 1.165) is 43.2 Å². The number of carbonyl (C=O) groups is 1. The highest BCUT2D eigenvalue weighted by molar-refractivity contribution is 5.78. The molecule has 1 saturated heterocycles. The second kappa shape index (κ2) is 8.93. The van der Waals surface area contributed by atoms with E-state index in [2.05, 4.69) is 0 Å². The Bertz CT molecular complexity index is 947.